The summed E-state index contributed by atoms with van der Waals surface area (Å²) >= 11 is 0. The van der Waals surface area contributed by atoms with Crippen LogP contribution in [0.4, 0.5) is 5.82 Å². The van der Waals surface area contributed by atoms with Crippen molar-refractivity contribution in [2.45, 2.75) is 32.7 Å². The first kappa shape index (κ1) is 19.3. The summed E-state index contributed by atoms with van der Waals surface area (Å²) in [4.78, 5) is 19.6. The number of nitrogens with one attached hydrogen (secondary N) is 3. The van der Waals surface area contributed by atoms with Gasteiger partial charge in [-0.1, -0.05) is 11.6 Å². The molecule has 0 atom stereocenters. The number of aliphatic hydroxyl groups excluding tert-OH is 1. The Labute approximate surface area is 159 Å². The molecule has 1 aromatic carbocycles. The van der Waals surface area contributed by atoms with E-state index in [0.29, 0.717) is 24.0 Å². The summed E-state index contributed by atoms with van der Waals surface area (Å²) in [6.07, 6.45) is 1.86. The second-order valence-corrected chi connectivity index (χ2v) is 7.07. The number of hydrogen-bond acceptors (Lipinski definition) is 6. The van der Waals surface area contributed by atoms with Crippen LogP contribution in [-0.4, -0.2) is 54.1 Å². The van der Waals surface area contributed by atoms with Gasteiger partial charge in [-0.2, -0.15) is 0 Å². The zero-order chi connectivity index (χ0) is 19.4. The summed E-state index contributed by atoms with van der Waals surface area (Å²) in [6, 6.07) is 8.26. The van der Waals surface area contributed by atoms with E-state index in [1.807, 2.05) is 31.2 Å². The Morgan fingerprint density at radius 3 is 2.74 bits per heavy atom. The van der Waals surface area contributed by atoms with Gasteiger partial charge >= 0.3 is 0 Å². The van der Waals surface area contributed by atoms with Crippen LogP contribution in [0, 0.1) is 12.3 Å². The summed E-state index contributed by atoms with van der Waals surface area (Å²) < 4.78 is 0. The van der Waals surface area contributed by atoms with Crippen LogP contribution in [0.2, 0.25) is 0 Å². The van der Waals surface area contributed by atoms with Gasteiger partial charge in [0.1, 0.15) is 5.82 Å². The van der Waals surface area contributed by atoms with Gasteiger partial charge in [0.2, 0.25) is 0 Å². The molecule has 2 aromatic rings. The van der Waals surface area contributed by atoms with Gasteiger partial charge in [-0.05, 0) is 44.9 Å². The number of nitrogens with zero attached hydrogens (tertiary/aromatic N) is 2. The molecule has 0 bridgehead atoms. The smallest absolute Gasteiger partial charge is 0.260 e. The average molecular weight is 369 g/mol. The third kappa shape index (κ3) is 4.61. The molecule has 1 aromatic heterocycles. The van der Waals surface area contributed by atoms with Crippen LogP contribution in [0.1, 0.15) is 35.7 Å². The van der Waals surface area contributed by atoms with E-state index in [1.165, 1.54) is 0 Å². The highest BCUT2D eigenvalue weighted by molar-refractivity contribution is 6.09. The number of rotatable bonds is 5. The van der Waals surface area contributed by atoms with Crippen molar-refractivity contribution in [1.29, 1.82) is 5.41 Å². The lowest BCUT2D eigenvalue weighted by molar-refractivity contribution is 0.0977. The number of aryl methyl sites for hydroxylation is 1. The van der Waals surface area contributed by atoms with E-state index in [9.17, 15) is 4.79 Å². The Morgan fingerprint density at radius 2 is 2.07 bits per heavy atom. The number of carbonyl (C=O) groups is 1. The normalized spacial score (nSPS) is 15.1. The maximum atomic E-state index is 12.7. The second-order valence-electron chi connectivity index (χ2n) is 7.07. The Balaban J connectivity index is 1.91. The van der Waals surface area contributed by atoms with Crippen molar-refractivity contribution in [3.05, 3.63) is 35.4 Å². The van der Waals surface area contributed by atoms with Gasteiger partial charge in [0.15, 0.2) is 0 Å². The maximum Gasteiger partial charge on any atom is 0.260 e. The Morgan fingerprint density at radius 1 is 1.33 bits per heavy atom. The fraction of sp³-hybridized carbons (Fsp3) is 0.450. The van der Waals surface area contributed by atoms with Crippen molar-refractivity contribution in [1.82, 2.24) is 15.6 Å². The third-order valence-electron chi connectivity index (χ3n) is 4.84. The summed E-state index contributed by atoms with van der Waals surface area (Å²) in [7, 11) is 0. The number of aliphatic hydroxyl groups is 1. The molecule has 1 amide bonds. The van der Waals surface area contributed by atoms with E-state index in [-0.39, 0.29) is 18.3 Å². The van der Waals surface area contributed by atoms with Crippen molar-refractivity contribution < 1.29 is 9.90 Å². The number of amides is 1. The van der Waals surface area contributed by atoms with Crippen LogP contribution in [0.25, 0.3) is 10.9 Å². The number of piperidine rings is 1. The molecule has 1 aliphatic rings. The molecule has 27 heavy (non-hydrogen) atoms. The number of carbonyl (C=O) groups excluding carboxylic acids is 1. The minimum atomic E-state index is -0.297. The first-order valence-electron chi connectivity index (χ1n) is 9.35. The van der Waals surface area contributed by atoms with Gasteiger partial charge in [-0.15, -0.1) is 0 Å². The van der Waals surface area contributed by atoms with Crippen LogP contribution in [0.15, 0.2) is 24.3 Å². The van der Waals surface area contributed by atoms with Crippen molar-refractivity contribution in [3.63, 3.8) is 0 Å². The van der Waals surface area contributed by atoms with Crippen LogP contribution in [0.5, 0.6) is 0 Å². The van der Waals surface area contributed by atoms with E-state index in [2.05, 4.69) is 15.5 Å². The van der Waals surface area contributed by atoms with Crippen LogP contribution in [0.3, 0.4) is 0 Å². The topological polar surface area (TPSA) is 101 Å². The van der Waals surface area contributed by atoms with Crippen molar-refractivity contribution in [2.24, 2.45) is 0 Å². The first-order chi connectivity index (χ1) is 13.0. The summed E-state index contributed by atoms with van der Waals surface area (Å²) in [6.45, 7) is 5.88. The molecule has 7 nitrogen and oxygen atoms in total. The van der Waals surface area contributed by atoms with Crippen LogP contribution in [-0.2, 0) is 0 Å². The Kier molecular flexibility index (Phi) is 6.03. The number of pyridine rings is 1. The average Bonchev–Trinajstić information content (AvgIpc) is 2.65. The van der Waals surface area contributed by atoms with Gasteiger partial charge in [0.25, 0.3) is 5.91 Å². The Hall–Kier alpha value is -2.51. The molecule has 1 fully saturated rings. The molecule has 4 N–H and O–H groups in total. The first-order valence-corrected chi connectivity index (χ1v) is 9.35. The summed E-state index contributed by atoms with van der Waals surface area (Å²) in [5.41, 5.74) is 2.48. The fourth-order valence-corrected chi connectivity index (χ4v) is 3.50. The molecular formula is C20H27N5O2. The van der Waals surface area contributed by atoms with Gasteiger partial charge in [-0.25, -0.2) is 4.98 Å². The Bertz CT molecular complexity index is 844. The summed E-state index contributed by atoms with van der Waals surface area (Å²) in [5.74, 6) is 0.488. The lowest BCUT2D eigenvalue weighted by atomic mass is 10.0. The van der Waals surface area contributed by atoms with E-state index >= 15 is 0 Å². The number of hydrogen-bond donors (Lipinski definition) is 4. The lowest BCUT2D eigenvalue weighted by Gasteiger charge is -2.34. The molecule has 1 saturated heterocycles. The quantitative estimate of drug-likeness (QED) is 0.476. The monoisotopic (exact) mass is 369 g/mol. The molecule has 144 valence electrons. The fourth-order valence-electron chi connectivity index (χ4n) is 3.50. The standard InChI is InChI=1S/C20H27N5O2/c1-13-3-4-18-15(11-13)12-17(20(27)23-14(2)21)19(24-18)25-8-5-16(6-9-25)22-7-10-26/h3-4,11-12,16,22,26H,5-10H2,1-2H3,(H2,21,23,27). The van der Waals surface area contributed by atoms with Crippen LogP contribution >= 0.6 is 0 Å². The van der Waals surface area contributed by atoms with E-state index in [4.69, 9.17) is 15.5 Å². The van der Waals surface area contributed by atoms with E-state index in [1.54, 1.807) is 6.92 Å². The van der Waals surface area contributed by atoms with E-state index in [0.717, 1.165) is 42.4 Å². The molecule has 7 heteroatoms. The molecule has 0 aliphatic carbocycles. The summed E-state index contributed by atoms with van der Waals surface area (Å²) in [5, 5.41) is 23.4. The zero-order valence-electron chi connectivity index (χ0n) is 15.9. The number of benzene rings is 1. The molecule has 2 heterocycles. The van der Waals surface area contributed by atoms with Crippen molar-refractivity contribution in [3.8, 4) is 0 Å². The predicted molar refractivity (Wildman–Crippen MR) is 108 cm³/mol. The zero-order valence-corrected chi connectivity index (χ0v) is 15.9. The molecular weight excluding hydrogens is 342 g/mol. The molecule has 0 unspecified atom stereocenters. The molecule has 3 rings (SSSR count). The third-order valence-corrected chi connectivity index (χ3v) is 4.84. The van der Waals surface area contributed by atoms with Gasteiger partial charge in [0.05, 0.1) is 23.5 Å². The SMILES string of the molecule is CC(=N)NC(=O)c1cc2cc(C)ccc2nc1N1CCC(NCCO)CC1. The second kappa shape index (κ2) is 8.45. The lowest BCUT2D eigenvalue weighted by Crippen LogP contribution is -2.44. The van der Waals surface area contributed by atoms with E-state index < -0.39 is 0 Å². The number of aromatic nitrogens is 1. The number of amidine groups is 1. The molecule has 0 saturated carbocycles. The molecule has 0 spiro atoms. The van der Waals surface area contributed by atoms with Gasteiger partial charge < -0.3 is 20.6 Å². The highest BCUT2D eigenvalue weighted by Crippen LogP contribution is 2.27. The predicted octanol–water partition coefficient (Wildman–Crippen LogP) is 1.82. The highest BCUT2D eigenvalue weighted by Gasteiger charge is 2.24. The maximum absolute atomic E-state index is 12.7. The number of fused-ring (bicyclic) bond motifs is 1. The minimum Gasteiger partial charge on any atom is -0.395 e. The minimum absolute atomic E-state index is 0.113. The number of anilines is 1. The van der Waals surface area contributed by atoms with Crippen molar-refractivity contribution >= 4 is 28.5 Å². The van der Waals surface area contributed by atoms with Crippen molar-refractivity contribution in [2.75, 3.05) is 31.1 Å². The molecule has 0 radical (unpaired) electrons. The largest absolute Gasteiger partial charge is 0.395 e. The van der Waals surface area contributed by atoms with Gasteiger partial charge in [-0.3, -0.25) is 10.2 Å². The molecule has 1 aliphatic heterocycles. The van der Waals surface area contributed by atoms with Crippen LogP contribution < -0.4 is 15.5 Å². The highest BCUT2D eigenvalue weighted by atomic mass is 16.3. The van der Waals surface area contributed by atoms with Gasteiger partial charge in [0, 0.05) is 31.1 Å².